The maximum Gasteiger partial charge on any atom is 0.309 e. The Morgan fingerprint density at radius 3 is 2.72 bits per heavy atom. The van der Waals surface area contributed by atoms with Gasteiger partial charge in [0.2, 0.25) is 0 Å². The number of hydrogen-bond acceptors (Lipinski definition) is 2. The summed E-state index contributed by atoms with van der Waals surface area (Å²) in [5, 5.41) is 12.1. The van der Waals surface area contributed by atoms with Crippen molar-refractivity contribution in [2.24, 2.45) is 5.41 Å². The van der Waals surface area contributed by atoms with E-state index in [0.717, 1.165) is 5.56 Å². The summed E-state index contributed by atoms with van der Waals surface area (Å²) >= 11 is 3.09. The Balaban J connectivity index is 2.38. The number of halogens is 2. The summed E-state index contributed by atoms with van der Waals surface area (Å²) in [6, 6.07) is 4.94. The molecular formula is C13H17BrFNO2. The summed E-state index contributed by atoms with van der Waals surface area (Å²) in [5.74, 6) is -1.10. The molecule has 0 aromatic heterocycles. The summed E-state index contributed by atoms with van der Waals surface area (Å²) in [6.45, 7) is 4.49. The molecule has 2 N–H and O–H groups in total. The molecular weight excluding hydrogens is 301 g/mol. The van der Waals surface area contributed by atoms with Crippen molar-refractivity contribution in [1.29, 1.82) is 0 Å². The third-order valence-corrected chi connectivity index (χ3v) is 3.46. The maximum atomic E-state index is 13.2. The molecule has 0 bridgehead atoms. The number of nitrogens with one attached hydrogen (secondary N) is 1. The molecule has 0 unspecified atom stereocenters. The average molecular weight is 318 g/mol. The fraction of sp³-hybridized carbons (Fsp3) is 0.462. The van der Waals surface area contributed by atoms with Crippen LogP contribution in [-0.2, 0) is 11.3 Å². The van der Waals surface area contributed by atoms with Gasteiger partial charge in [0.1, 0.15) is 5.82 Å². The van der Waals surface area contributed by atoms with Gasteiger partial charge in [-0.2, -0.15) is 0 Å². The van der Waals surface area contributed by atoms with Crippen molar-refractivity contribution in [3.05, 3.63) is 34.1 Å². The van der Waals surface area contributed by atoms with Crippen molar-refractivity contribution in [1.82, 2.24) is 5.32 Å². The lowest BCUT2D eigenvalue weighted by Gasteiger charge is -2.18. The van der Waals surface area contributed by atoms with E-state index < -0.39 is 11.4 Å². The van der Waals surface area contributed by atoms with Gasteiger partial charge < -0.3 is 10.4 Å². The fourth-order valence-electron chi connectivity index (χ4n) is 1.39. The molecule has 0 fully saturated rings. The van der Waals surface area contributed by atoms with Gasteiger partial charge in [-0.15, -0.1) is 0 Å². The quantitative estimate of drug-likeness (QED) is 0.792. The van der Waals surface area contributed by atoms with Crippen LogP contribution in [0.2, 0.25) is 0 Å². The minimum absolute atomic E-state index is 0.292. The Kier molecular flexibility index (Phi) is 5.28. The zero-order valence-electron chi connectivity index (χ0n) is 10.5. The largest absolute Gasteiger partial charge is 0.481 e. The normalized spacial score (nSPS) is 11.6. The van der Waals surface area contributed by atoms with Gasteiger partial charge in [0, 0.05) is 6.54 Å². The minimum Gasteiger partial charge on any atom is -0.481 e. The highest BCUT2D eigenvalue weighted by molar-refractivity contribution is 9.10. The van der Waals surface area contributed by atoms with E-state index in [1.165, 1.54) is 6.07 Å². The molecule has 0 atom stereocenters. The third kappa shape index (κ3) is 4.38. The van der Waals surface area contributed by atoms with Gasteiger partial charge in [-0.3, -0.25) is 4.79 Å². The molecule has 1 aromatic carbocycles. The van der Waals surface area contributed by atoms with E-state index in [0.29, 0.717) is 24.0 Å². The predicted molar refractivity (Wildman–Crippen MR) is 71.8 cm³/mol. The van der Waals surface area contributed by atoms with Crippen molar-refractivity contribution in [2.45, 2.75) is 26.8 Å². The third-order valence-electron chi connectivity index (χ3n) is 2.82. The minimum atomic E-state index is -0.806. The molecule has 0 heterocycles. The molecule has 1 aromatic rings. The molecule has 100 valence electrons. The van der Waals surface area contributed by atoms with Gasteiger partial charge in [0.15, 0.2) is 0 Å². The van der Waals surface area contributed by atoms with E-state index in [1.807, 2.05) is 6.07 Å². The standard InChI is InChI=1S/C13H17BrFNO2/c1-13(2,12(17)18)5-6-16-8-9-3-4-10(14)11(15)7-9/h3-4,7,16H,5-6,8H2,1-2H3,(H,17,18). The highest BCUT2D eigenvalue weighted by Gasteiger charge is 2.25. The maximum absolute atomic E-state index is 13.2. The van der Waals surface area contributed by atoms with Crippen molar-refractivity contribution in [2.75, 3.05) is 6.54 Å². The number of carbonyl (C=O) groups is 1. The van der Waals surface area contributed by atoms with E-state index in [1.54, 1.807) is 19.9 Å². The molecule has 3 nitrogen and oxygen atoms in total. The van der Waals surface area contributed by atoms with Gasteiger partial charge in [-0.1, -0.05) is 6.07 Å². The van der Waals surface area contributed by atoms with E-state index in [4.69, 9.17) is 5.11 Å². The first kappa shape index (κ1) is 15.1. The second-order valence-corrected chi connectivity index (χ2v) is 5.72. The summed E-state index contributed by atoms with van der Waals surface area (Å²) < 4.78 is 13.7. The molecule has 5 heteroatoms. The second kappa shape index (κ2) is 6.29. The molecule has 1 rings (SSSR count). The number of carboxylic acids is 1. The summed E-state index contributed by atoms with van der Waals surface area (Å²) in [5.41, 5.74) is 0.0988. The lowest BCUT2D eigenvalue weighted by Crippen LogP contribution is -2.28. The van der Waals surface area contributed by atoms with Gasteiger partial charge in [0.25, 0.3) is 0 Å². The molecule has 0 aliphatic carbocycles. The number of benzene rings is 1. The smallest absolute Gasteiger partial charge is 0.309 e. The van der Waals surface area contributed by atoms with Crippen LogP contribution in [0.5, 0.6) is 0 Å². The van der Waals surface area contributed by atoms with E-state index >= 15 is 0 Å². The van der Waals surface area contributed by atoms with Crippen molar-refractivity contribution in [3.8, 4) is 0 Å². The van der Waals surface area contributed by atoms with Crippen LogP contribution >= 0.6 is 15.9 Å². The van der Waals surface area contributed by atoms with Crippen molar-refractivity contribution >= 4 is 21.9 Å². The molecule has 0 aliphatic heterocycles. The van der Waals surface area contributed by atoms with Gasteiger partial charge in [-0.25, -0.2) is 4.39 Å². The lowest BCUT2D eigenvalue weighted by atomic mass is 9.90. The highest BCUT2D eigenvalue weighted by atomic mass is 79.9. The lowest BCUT2D eigenvalue weighted by molar-refractivity contribution is -0.147. The van der Waals surface area contributed by atoms with Gasteiger partial charge in [-0.05, 0) is 60.4 Å². The van der Waals surface area contributed by atoms with Gasteiger partial charge >= 0.3 is 5.97 Å². The van der Waals surface area contributed by atoms with Crippen LogP contribution in [0.4, 0.5) is 4.39 Å². The molecule has 0 radical (unpaired) electrons. The molecule has 0 saturated carbocycles. The Morgan fingerprint density at radius 1 is 1.50 bits per heavy atom. The van der Waals surface area contributed by atoms with Crippen LogP contribution in [0.15, 0.2) is 22.7 Å². The molecule has 18 heavy (non-hydrogen) atoms. The van der Waals surface area contributed by atoms with E-state index in [-0.39, 0.29) is 5.82 Å². The monoisotopic (exact) mass is 317 g/mol. The topological polar surface area (TPSA) is 49.3 Å². The average Bonchev–Trinajstić information content (AvgIpc) is 2.29. The first-order chi connectivity index (χ1) is 8.33. The highest BCUT2D eigenvalue weighted by Crippen LogP contribution is 2.19. The van der Waals surface area contributed by atoms with Crippen LogP contribution in [-0.4, -0.2) is 17.6 Å². The number of carboxylic acid groups (broad SMARTS) is 1. The van der Waals surface area contributed by atoms with E-state index in [2.05, 4.69) is 21.2 Å². The predicted octanol–water partition coefficient (Wildman–Crippen LogP) is 3.18. The summed E-state index contributed by atoms with van der Waals surface area (Å²) in [6.07, 6.45) is 0.529. The Bertz CT molecular complexity index is 435. The zero-order chi connectivity index (χ0) is 13.8. The van der Waals surface area contributed by atoms with Crippen LogP contribution in [0, 0.1) is 11.2 Å². The van der Waals surface area contributed by atoms with Crippen LogP contribution in [0.3, 0.4) is 0 Å². The molecule has 0 aliphatic rings. The first-order valence-electron chi connectivity index (χ1n) is 5.71. The Hall–Kier alpha value is -0.940. The number of aliphatic carboxylic acids is 1. The molecule has 0 amide bonds. The Morgan fingerprint density at radius 2 is 2.17 bits per heavy atom. The van der Waals surface area contributed by atoms with E-state index in [9.17, 15) is 9.18 Å². The zero-order valence-corrected chi connectivity index (χ0v) is 12.1. The van der Waals surface area contributed by atoms with Crippen molar-refractivity contribution in [3.63, 3.8) is 0 Å². The Labute approximate surface area is 115 Å². The number of rotatable bonds is 6. The van der Waals surface area contributed by atoms with Crippen LogP contribution < -0.4 is 5.32 Å². The fourth-order valence-corrected chi connectivity index (χ4v) is 1.64. The van der Waals surface area contributed by atoms with Crippen LogP contribution in [0.25, 0.3) is 0 Å². The SMILES string of the molecule is CC(C)(CCNCc1ccc(Br)c(F)c1)C(=O)O. The van der Waals surface area contributed by atoms with Crippen LogP contribution in [0.1, 0.15) is 25.8 Å². The molecule has 0 saturated heterocycles. The summed E-state index contributed by atoms with van der Waals surface area (Å²) in [7, 11) is 0. The summed E-state index contributed by atoms with van der Waals surface area (Å²) in [4.78, 5) is 10.9. The number of hydrogen-bond donors (Lipinski definition) is 2. The molecule has 0 spiro atoms. The first-order valence-corrected chi connectivity index (χ1v) is 6.50. The van der Waals surface area contributed by atoms with Gasteiger partial charge in [0.05, 0.1) is 9.89 Å². The van der Waals surface area contributed by atoms with Crippen molar-refractivity contribution < 1.29 is 14.3 Å². The second-order valence-electron chi connectivity index (χ2n) is 4.86.